The van der Waals surface area contributed by atoms with Crippen LogP contribution in [0.4, 0.5) is 0 Å². The monoisotopic (exact) mass is 275 g/mol. The topological polar surface area (TPSA) is 22.1 Å². The zero-order chi connectivity index (χ0) is 14.0. The van der Waals surface area contributed by atoms with E-state index in [2.05, 4.69) is 37.9 Å². The molecule has 0 unspecified atom stereocenters. The van der Waals surface area contributed by atoms with Crippen LogP contribution in [0, 0.1) is 6.92 Å². The van der Waals surface area contributed by atoms with Gasteiger partial charge in [-0.15, -0.1) is 0 Å². The minimum absolute atomic E-state index is 0.150. The van der Waals surface area contributed by atoms with E-state index in [1.807, 2.05) is 25.1 Å². The maximum absolute atomic E-state index is 5.89. The smallest absolute Gasteiger partial charge is 0.146 e. The molecule has 1 aromatic heterocycles. The molecule has 0 N–H and O–H groups in total. The largest absolute Gasteiger partial charge is 0.456 e. The zero-order valence-corrected chi connectivity index (χ0v) is 12.5. The van der Waals surface area contributed by atoms with Gasteiger partial charge >= 0.3 is 0 Å². The maximum Gasteiger partial charge on any atom is 0.146 e. The van der Waals surface area contributed by atoms with Crippen molar-refractivity contribution in [2.75, 3.05) is 0 Å². The number of benzene rings is 1. The first-order valence-electron chi connectivity index (χ1n) is 6.27. The van der Waals surface area contributed by atoms with E-state index in [1.165, 1.54) is 5.56 Å². The van der Waals surface area contributed by atoms with Gasteiger partial charge in [0.15, 0.2) is 0 Å². The molecule has 0 saturated carbocycles. The number of pyridine rings is 1. The highest BCUT2D eigenvalue weighted by atomic mass is 35.5. The lowest BCUT2D eigenvalue weighted by molar-refractivity contribution is 0.478. The standard InChI is InChI=1S/C16H18ClNO/c1-11-9-14(10-18-15(11)17)19-13-7-5-12(6-8-13)16(2,3)4/h5-10H,1-4H3. The fourth-order valence-corrected chi connectivity index (χ4v) is 1.85. The van der Waals surface area contributed by atoms with E-state index in [9.17, 15) is 0 Å². The third-order valence-electron chi connectivity index (χ3n) is 2.95. The van der Waals surface area contributed by atoms with Crippen LogP contribution in [-0.4, -0.2) is 4.98 Å². The summed E-state index contributed by atoms with van der Waals surface area (Å²) in [4.78, 5) is 4.07. The molecule has 0 radical (unpaired) electrons. The maximum atomic E-state index is 5.89. The molecular formula is C16H18ClNO. The van der Waals surface area contributed by atoms with Gasteiger partial charge in [0.2, 0.25) is 0 Å². The average Bonchev–Trinajstić information content (AvgIpc) is 2.33. The van der Waals surface area contributed by atoms with Crippen LogP contribution in [0.1, 0.15) is 31.9 Å². The Morgan fingerprint density at radius 2 is 1.68 bits per heavy atom. The summed E-state index contributed by atoms with van der Waals surface area (Å²) in [5, 5.41) is 0.510. The Kier molecular flexibility index (Phi) is 3.81. The van der Waals surface area contributed by atoms with Crippen molar-refractivity contribution in [2.24, 2.45) is 0 Å². The Bertz CT molecular complexity index is 570. The summed E-state index contributed by atoms with van der Waals surface area (Å²) in [6.07, 6.45) is 1.63. The lowest BCUT2D eigenvalue weighted by Gasteiger charge is -2.19. The van der Waals surface area contributed by atoms with Crippen LogP contribution in [-0.2, 0) is 5.41 Å². The van der Waals surface area contributed by atoms with Crippen molar-refractivity contribution in [3.05, 3.63) is 52.8 Å². The predicted molar refractivity (Wildman–Crippen MR) is 79.2 cm³/mol. The van der Waals surface area contributed by atoms with E-state index in [0.717, 1.165) is 11.3 Å². The highest BCUT2D eigenvalue weighted by Gasteiger charge is 2.13. The predicted octanol–water partition coefficient (Wildman–Crippen LogP) is 5.13. The van der Waals surface area contributed by atoms with Crippen LogP contribution in [0.5, 0.6) is 11.5 Å². The third-order valence-corrected chi connectivity index (χ3v) is 3.34. The number of halogens is 1. The number of nitrogens with zero attached hydrogens (tertiary/aromatic N) is 1. The van der Waals surface area contributed by atoms with Gasteiger partial charge in [-0.1, -0.05) is 44.5 Å². The molecule has 1 aromatic carbocycles. The quantitative estimate of drug-likeness (QED) is 0.709. The van der Waals surface area contributed by atoms with E-state index in [1.54, 1.807) is 6.20 Å². The molecule has 0 aliphatic rings. The van der Waals surface area contributed by atoms with E-state index in [-0.39, 0.29) is 5.41 Å². The summed E-state index contributed by atoms with van der Waals surface area (Å²) < 4.78 is 5.76. The second-order valence-electron chi connectivity index (χ2n) is 5.66. The van der Waals surface area contributed by atoms with Crippen LogP contribution in [0.3, 0.4) is 0 Å². The lowest BCUT2D eigenvalue weighted by atomic mass is 9.87. The molecule has 0 spiro atoms. The number of hydrogen-bond donors (Lipinski definition) is 0. The SMILES string of the molecule is Cc1cc(Oc2ccc(C(C)(C)C)cc2)cnc1Cl. The van der Waals surface area contributed by atoms with Crippen molar-refractivity contribution >= 4 is 11.6 Å². The number of rotatable bonds is 2. The Labute approximate surface area is 119 Å². The Hall–Kier alpha value is -1.54. The molecule has 2 aromatic rings. The van der Waals surface area contributed by atoms with Crippen LogP contribution < -0.4 is 4.74 Å². The second-order valence-corrected chi connectivity index (χ2v) is 6.01. The van der Waals surface area contributed by atoms with Crippen molar-refractivity contribution in [3.8, 4) is 11.5 Å². The number of hydrogen-bond acceptors (Lipinski definition) is 2. The molecule has 3 heteroatoms. The lowest BCUT2D eigenvalue weighted by Crippen LogP contribution is -2.10. The molecule has 100 valence electrons. The van der Waals surface area contributed by atoms with Crippen molar-refractivity contribution in [1.82, 2.24) is 4.98 Å². The van der Waals surface area contributed by atoms with Gasteiger partial charge in [0.1, 0.15) is 16.7 Å². The minimum Gasteiger partial charge on any atom is -0.456 e. The Morgan fingerprint density at radius 3 is 2.21 bits per heavy atom. The molecule has 0 bridgehead atoms. The van der Waals surface area contributed by atoms with Gasteiger partial charge in [-0.3, -0.25) is 0 Å². The first-order valence-corrected chi connectivity index (χ1v) is 6.64. The highest BCUT2D eigenvalue weighted by Crippen LogP contribution is 2.27. The molecule has 2 rings (SSSR count). The first kappa shape index (κ1) is 13.9. The highest BCUT2D eigenvalue weighted by molar-refractivity contribution is 6.30. The molecule has 0 saturated heterocycles. The third kappa shape index (κ3) is 3.48. The van der Waals surface area contributed by atoms with Gasteiger partial charge in [0.05, 0.1) is 6.20 Å². The minimum atomic E-state index is 0.150. The van der Waals surface area contributed by atoms with Gasteiger partial charge in [-0.25, -0.2) is 4.98 Å². The second kappa shape index (κ2) is 5.22. The molecule has 0 aliphatic carbocycles. The fraction of sp³-hybridized carbons (Fsp3) is 0.312. The van der Waals surface area contributed by atoms with E-state index >= 15 is 0 Å². The summed E-state index contributed by atoms with van der Waals surface area (Å²) >= 11 is 5.89. The van der Waals surface area contributed by atoms with Crippen molar-refractivity contribution in [1.29, 1.82) is 0 Å². The molecule has 1 heterocycles. The average molecular weight is 276 g/mol. The summed E-state index contributed by atoms with van der Waals surface area (Å²) in [6.45, 7) is 8.48. The fourth-order valence-electron chi connectivity index (χ4n) is 1.75. The van der Waals surface area contributed by atoms with Crippen molar-refractivity contribution < 1.29 is 4.74 Å². The molecule has 0 aliphatic heterocycles. The number of ether oxygens (including phenoxy) is 1. The van der Waals surface area contributed by atoms with Gasteiger partial charge in [0, 0.05) is 0 Å². The number of aryl methyl sites for hydroxylation is 1. The summed E-state index contributed by atoms with van der Waals surface area (Å²) in [7, 11) is 0. The molecule has 2 nitrogen and oxygen atoms in total. The number of aromatic nitrogens is 1. The van der Waals surface area contributed by atoms with Crippen LogP contribution >= 0.6 is 11.6 Å². The first-order chi connectivity index (χ1) is 8.86. The van der Waals surface area contributed by atoms with E-state index in [4.69, 9.17) is 16.3 Å². The molecule has 0 fully saturated rings. The van der Waals surface area contributed by atoms with Crippen molar-refractivity contribution in [2.45, 2.75) is 33.1 Å². The van der Waals surface area contributed by atoms with E-state index < -0.39 is 0 Å². The van der Waals surface area contributed by atoms with Crippen molar-refractivity contribution in [3.63, 3.8) is 0 Å². The van der Waals surface area contributed by atoms with E-state index in [0.29, 0.717) is 10.9 Å². The molecule has 0 amide bonds. The Balaban J connectivity index is 2.17. The van der Waals surface area contributed by atoms with Gasteiger partial charge < -0.3 is 4.74 Å². The zero-order valence-electron chi connectivity index (χ0n) is 11.7. The van der Waals surface area contributed by atoms with Gasteiger partial charge in [-0.2, -0.15) is 0 Å². The van der Waals surface area contributed by atoms with Crippen LogP contribution in [0.15, 0.2) is 36.5 Å². The summed E-state index contributed by atoms with van der Waals surface area (Å²) in [5.41, 5.74) is 2.34. The van der Waals surface area contributed by atoms with Crippen LogP contribution in [0.25, 0.3) is 0 Å². The molecule has 0 atom stereocenters. The normalized spacial score (nSPS) is 11.4. The van der Waals surface area contributed by atoms with Crippen LogP contribution in [0.2, 0.25) is 5.15 Å². The summed E-state index contributed by atoms with van der Waals surface area (Å²) in [6, 6.07) is 10.0. The molecular weight excluding hydrogens is 258 g/mol. The Morgan fingerprint density at radius 1 is 1.05 bits per heavy atom. The van der Waals surface area contributed by atoms with Gasteiger partial charge in [0.25, 0.3) is 0 Å². The van der Waals surface area contributed by atoms with Gasteiger partial charge in [-0.05, 0) is 41.7 Å². The molecule has 19 heavy (non-hydrogen) atoms. The summed E-state index contributed by atoms with van der Waals surface area (Å²) in [5.74, 6) is 1.50.